The van der Waals surface area contributed by atoms with Crippen LogP contribution in [-0.4, -0.2) is 0 Å². The van der Waals surface area contributed by atoms with Gasteiger partial charge < -0.3 is 24.8 Å². The van der Waals surface area contributed by atoms with E-state index in [4.69, 9.17) is 0 Å². The molecule has 0 N–H and O–H groups in total. The fourth-order valence-corrected chi connectivity index (χ4v) is 8.96. The SMILES string of the molecule is Cc1ccc2c(c1)C=[C]([Zr+2]([CH3])[CH]1C=CC=C1)C2C.[Cl-].[Cl-]. The van der Waals surface area contributed by atoms with E-state index in [0.29, 0.717) is 5.92 Å². The predicted octanol–water partition coefficient (Wildman–Crippen LogP) is -0.958. The second kappa shape index (κ2) is 7.25. The zero-order valence-electron chi connectivity index (χ0n) is 12.0. The zero-order chi connectivity index (χ0) is 12.7. The summed E-state index contributed by atoms with van der Waals surface area (Å²) < 4.78 is 5.10. The fourth-order valence-electron chi connectivity index (χ4n) is 3.04. The van der Waals surface area contributed by atoms with Gasteiger partial charge in [0.1, 0.15) is 0 Å². The summed E-state index contributed by atoms with van der Waals surface area (Å²) in [5.74, 6) is 0.655. The van der Waals surface area contributed by atoms with Crippen LogP contribution in [0.5, 0.6) is 0 Å². The summed E-state index contributed by atoms with van der Waals surface area (Å²) >= 11 is -1.50. The molecule has 3 heteroatoms. The molecule has 0 nitrogen and oxygen atoms in total. The Kier molecular flexibility index (Phi) is 6.51. The number of halogens is 2. The van der Waals surface area contributed by atoms with E-state index in [2.05, 4.69) is 67.1 Å². The van der Waals surface area contributed by atoms with E-state index in [1.54, 1.807) is 8.84 Å². The first kappa shape index (κ1) is 18.0. The smallest absolute Gasteiger partial charge is 1.00 e. The monoisotopic (exact) mass is 383 g/mol. The van der Waals surface area contributed by atoms with E-state index in [9.17, 15) is 0 Å². The molecule has 1 aromatic carbocycles. The molecule has 0 heterocycles. The Morgan fingerprint density at radius 3 is 2.35 bits per heavy atom. The first-order chi connectivity index (χ1) is 8.66. The van der Waals surface area contributed by atoms with Gasteiger partial charge in [-0.2, -0.15) is 0 Å². The van der Waals surface area contributed by atoms with Gasteiger partial charge in [0.15, 0.2) is 0 Å². The van der Waals surface area contributed by atoms with E-state index in [0.717, 1.165) is 3.63 Å². The largest absolute Gasteiger partial charge is 1.00 e. The van der Waals surface area contributed by atoms with Crippen molar-refractivity contribution in [1.82, 2.24) is 0 Å². The second-order valence-corrected chi connectivity index (χ2v) is 11.8. The minimum Gasteiger partial charge on any atom is -1.00 e. The summed E-state index contributed by atoms with van der Waals surface area (Å²) in [4.78, 5) is 0. The van der Waals surface area contributed by atoms with Gasteiger partial charge in [0.25, 0.3) is 0 Å². The van der Waals surface area contributed by atoms with Gasteiger partial charge in [-0.1, -0.05) is 0 Å². The molecule has 2 aliphatic carbocycles. The van der Waals surface area contributed by atoms with Crippen LogP contribution in [-0.2, 0) is 21.8 Å². The molecule has 0 fully saturated rings. The molecule has 0 aromatic heterocycles. The van der Waals surface area contributed by atoms with Crippen LogP contribution in [0.3, 0.4) is 0 Å². The molecule has 105 valence electrons. The maximum atomic E-state index is 2.55. The molecule has 3 rings (SSSR count). The van der Waals surface area contributed by atoms with Gasteiger partial charge in [-0.3, -0.25) is 0 Å². The molecule has 0 bridgehead atoms. The summed E-state index contributed by atoms with van der Waals surface area (Å²) in [5, 5.41) is 0. The van der Waals surface area contributed by atoms with Crippen LogP contribution in [0.15, 0.2) is 45.8 Å². The summed E-state index contributed by atoms with van der Waals surface area (Å²) in [6, 6.07) is 6.92. The van der Waals surface area contributed by atoms with Gasteiger partial charge in [-0.15, -0.1) is 0 Å². The molecule has 0 saturated carbocycles. The third kappa shape index (κ3) is 3.21. The van der Waals surface area contributed by atoms with Crippen molar-refractivity contribution in [2.75, 3.05) is 0 Å². The number of hydrogen-bond donors (Lipinski definition) is 0. The Hall–Kier alpha value is -0.0969. The van der Waals surface area contributed by atoms with Crippen molar-refractivity contribution in [2.24, 2.45) is 0 Å². The number of fused-ring (bicyclic) bond motifs is 1. The molecule has 0 spiro atoms. The van der Waals surface area contributed by atoms with Crippen molar-refractivity contribution in [2.45, 2.75) is 28.0 Å². The number of allylic oxidation sites excluding steroid dienone is 5. The quantitative estimate of drug-likeness (QED) is 0.616. The molecule has 0 radical (unpaired) electrons. The number of aryl methyl sites for hydroxylation is 1. The van der Waals surface area contributed by atoms with Gasteiger partial charge in [0.2, 0.25) is 0 Å². The molecule has 1 unspecified atom stereocenters. The summed E-state index contributed by atoms with van der Waals surface area (Å²) in [5.41, 5.74) is 4.39. The summed E-state index contributed by atoms with van der Waals surface area (Å²) in [7, 11) is 0. The molecule has 1 atom stereocenters. The first-order valence-corrected chi connectivity index (χ1v) is 11.8. The molecule has 2 aliphatic rings. The summed E-state index contributed by atoms with van der Waals surface area (Å²) in [6.45, 7) is 4.57. The first-order valence-electron chi connectivity index (χ1n) is 6.68. The maximum absolute atomic E-state index is 2.55. The molecular weight excluding hydrogens is 366 g/mol. The van der Waals surface area contributed by atoms with Crippen molar-refractivity contribution in [3.8, 4) is 0 Å². The van der Waals surface area contributed by atoms with Gasteiger partial charge in [0, 0.05) is 0 Å². The standard InChI is InChI=1S/C11H11.C5H5.CH3.2ClH.Zr/c1-8-3-6-11-9(2)4-5-10(11)7-8;1-2-4-5-3-1;;;;/h3,5-7,9H,1-2H3;1-5H;1H3;2*1H;/q;;;;;+2/p-2. The Labute approximate surface area is 142 Å². The Balaban J connectivity index is 0.000001000. The normalized spacial score (nSPS) is 19.1. The molecule has 0 amide bonds. The minimum absolute atomic E-state index is 0. The molecule has 0 aliphatic heterocycles. The second-order valence-electron chi connectivity index (χ2n) is 5.43. The predicted molar refractivity (Wildman–Crippen MR) is 75.5 cm³/mol. The van der Waals surface area contributed by atoms with Crippen molar-refractivity contribution < 1.29 is 46.6 Å². The average Bonchev–Trinajstić information content (AvgIpc) is 2.97. The summed E-state index contributed by atoms with van der Waals surface area (Å²) in [6.07, 6.45) is 11.7. The molecule has 20 heavy (non-hydrogen) atoms. The van der Waals surface area contributed by atoms with E-state index in [1.807, 2.05) is 0 Å². The average molecular weight is 385 g/mol. The van der Waals surface area contributed by atoms with Crippen LogP contribution < -0.4 is 24.8 Å². The number of rotatable bonds is 2. The van der Waals surface area contributed by atoms with E-state index in [-0.39, 0.29) is 24.8 Å². The topological polar surface area (TPSA) is 0 Å². The van der Waals surface area contributed by atoms with Crippen molar-refractivity contribution in [1.29, 1.82) is 0 Å². The van der Waals surface area contributed by atoms with Gasteiger partial charge in [-0.25, -0.2) is 0 Å². The van der Waals surface area contributed by atoms with E-state index in [1.165, 1.54) is 11.1 Å². The van der Waals surface area contributed by atoms with Crippen LogP contribution >= 0.6 is 0 Å². The third-order valence-corrected chi connectivity index (χ3v) is 11.3. The van der Waals surface area contributed by atoms with E-state index < -0.39 is 21.8 Å². The Morgan fingerprint density at radius 1 is 1.05 bits per heavy atom. The fraction of sp³-hybridized carbons (Fsp3) is 0.294. The van der Waals surface area contributed by atoms with Gasteiger partial charge in [-0.05, 0) is 0 Å². The van der Waals surface area contributed by atoms with Crippen LogP contribution in [0.25, 0.3) is 6.08 Å². The van der Waals surface area contributed by atoms with Gasteiger partial charge >= 0.3 is 118 Å². The van der Waals surface area contributed by atoms with Crippen LogP contribution in [0.4, 0.5) is 0 Å². The molecular formula is C17H19Cl2Zr. The van der Waals surface area contributed by atoms with Crippen molar-refractivity contribution in [3.63, 3.8) is 0 Å². The van der Waals surface area contributed by atoms with E-state index >= 15 is 0 Å². The number of hydrogen-bond acceptors (Lipinski definition) is 0. The molecule has 1 aromatic rings. The minimum atomic E-state index is -1.50. The maximum Gasteiger partial charge on any atom is -1.00 e. The van der Waals surface area contributed by atoms with Crippen LogP contribution in [0.1, 0.15) is 29.5 Å². The van der Waals surface area contributed by atoms with Crippen molar-refractivity contribution in [3.05, 3.63) is 62.5 Å². The van der Waals surface area contributed by atoms with Crippen LogP contribution in [0, 0.1) is 6.92 Å². The third-order valence-electron chi connectivity index (χ3n) is 4.19. The van der Waals surface area contributed by atoms with Gasteiger partial charge in [0.05, 0.1) is 0 Å². The van der Waals surface area contributed by atoms with Crippen molar-refractivity contribution >= 4 is 6.08 Å². The van der Waals surface area contributed by atoms with Crippen LogP contribution in [0.2, 0.25) is 8.26 Å². The molecule has 0 saturated heterocycles. The zero-order valence-corrected chi connectivity index (χ0v) is 16.0. The number of benzene rings is 1. The Morgan fingerprint density at radius 2 is 1.70 bits per heavy atom. The Bertz CT molecular complexity index is 560.